The summed E-state index contributed by atoms with van der Waals surface area (Å²) in [7, 11) is -0.857. The van der Waals surface area contributed by atoms with Gasteiger partial charge in [0.15, 0.2) is 0 Å². The van der Waals surface area contributed by atoms with E-state index in [1.54, 1.807) is 20.0 Å². The monoisotopic (exact) mass is 334 g/mol. The minimum Gasteiger partial charge on any atom is -0.255 e. The first-order valence-electron chi connectivity index (χ1n) is 5.54. The maximum Gasteiger partial charge on any atom is 0.270 e. The first-order chi connectivity index (χ1) is 9.25. The van der Waals surface area contributed by atoms with Crippen LogP contribution in [0.25, 0.3) is 0 Å². The standard InChI is InChI=1S/C11H12Cl2N4O2S/c1-7-10(11(13)16(2)15-7)20(18,19)17(3)9-5-4-8(12)6-14-9/h4-6H,1-3H3. The van der Waals surface area contributed by atoms with Crippen LogP contribution < -0.4 is 4.31 Å². The van der Waals surface area contributed by atoms with Crippen LogP contribution in [0.3, 0.4) is 0 Å². The van der Waals surface area contributed by atoms with E-state index in [4.69, 9.17) is 23.2 Å². The van der Waals surface area contributed by atoms with Gasteiger partial charge in [0.25, 0.3) is 10.0 Å². The van der Waals surface area contributed by atoms with Crippen LogP contribution in [-0.4, -0.2) is 30.2 Å². The summed E-state index contributed by atoms with van der Waals surface area (Å²) in [6, 6.07) is 3.08. The highest BCUT2D eigenvalue weighted by molar-refractivity contribution is 7.93. The zero-order valence-corrected chi connectivity index (χ0v) is 13.3. The van der Waals surface area contributed by atoms with Crippen LogP contribution in [0.5, 0.6) is 0 Å². The molecule has 0 saturated carbocycles. The fourth-order valence-electron chi connectivity index (χ4n) is 1.72. The average Bonchev–Trinajstić information content (AvgIpc) is 2.63. The zero-order chi connectivity index (χ0) is 15.1. The van der Waals surface area contributed by atoms with Crippen LogP contribution in [0.2, 0.25) is 10.2 Å². The second kappa shape index (κ2) is 5.23. The van der Waals surface area contributed by atoms with Crippen LogP contribution >= 0.6 is 23.2 Å². The van der Waals surface area contributed by atoms with Gasteiger partial charge < -0.3 is 0 Å². The predicted octanol–water partition coefficient (Wildman–Crippen LogP) is 2.26. The number of nitrogens with zero attached hydrogens (tertiary/aromatic N) is 4. The average molecular weight is 335 g/mol. The van der Waals surface area contributed by atoms with Gasteiger partial charge in [0.2, 0.25) is 0 Å². The Labute approximate surface area is 127 Å². The second-order valence-electron chi connectivity index (χ2n) is 4.14. The van der Waals surface area contributed by atoms with E-state index < -0.39 is 10.0 Å². The number of pyridine rings is 1. The van der Waals surface area contributed by atoms with E-state index in [1.807, 2.05) is 0 Å². The Morgan fingerprint density at radius 2 is 1.95 bits per heavy atom. The molecular weight excluding hydrogens is 323 g/mol. The molecule has 6 nitrogen and oxygen atoms in total. The van der Waals surface area contributed by atoms with E-state index in [1.165, 1.54) is 24.0 Å². The number of hydrogen-bond donors (Lipinski definition) is 0. The van der Waals surface area contributed by atoms with E-state index in [0.29, 0.717) is 10.7 Å². The smallest absolute Gasteiger partial charge is 0.255 e. The molecule has 2 aromatic heterocycles. The van der Waals surface area contributed by atoms with Crippen molar-refractivity contribution in [3.63, 3.8) is 0 Å². The van der Waals surface area contributed by atoms with Crippen LogP contribution in [-0.2, 0) is 17.1 Å². The summed E-state index contributed by atoms with van der Waals surface area (Å²) in [4.78, 5) is 3.95. The lowest BCUT2D eigenvalue weighted by Crippen LogP contribution is -2.27. The van der Waals surface area contributed by atoms with Crippen molar-refractivity contribution in [1.29, 1.82) is 0 Å². The van der Waals surface area contributed by atoms with Crippen molar-refractivity contribution in [3.8, 4) is 0 Å². The van der Waals surface area contributed by atoms with Gasteiger partial charge in [-0.05, 0) is 19.1 Å². The number of anilines is 1. The third kappa shape index (κ3) is 2.48. The van der Waals surface area contributed by atoms with Gasteiger partial charge in [-0.15, -0.1) is 0 Å². The van der Waals surface area contributed by atoms with Crippen molar-refractivity contribution >= 4 is 39.0 Å². The summed E-state index contributed by atoms with van der Waals surface area (Å²) < 4.78 is 27.5. The Bertz CT molecular complexity index is 741. The topological polar surface area (TPSA) is 68.1 Å². The molecule has 0 unspecified atom stereocenters. The van der Waals surface area contributed by atoms with Gasteiger partial charge >= 0.3 is 0 Å². The lowest BCUT2D eigenvalue weighted by atomic mass is 10.5. The highest BCUT2D eigenvalue weighted by atomic mass is 35.5. The number of hydrogen-bond acceptors (Lipinski definition) is 4. The molecule has 2 aromatic rings. The molecule has 2 heterocycles. The molecule has 20 heavy (non-hydrogen) atoms. The molecule has 0 aliphatic rings. The fraction of sp³-hybridized carbons (Fsp3) is 0.273. The molecule has 0 fully saturated rings. The quantitative estimate of drug-likeness (QED) is 0.863. The van der Waals surface area contributed by atoms with Crippen molar-refractivity contribution in [2.24, 2.45) is 7.05 Å². The SMILES string of the molecule is Cc1nn(C)c(Cl)c1S(=O)(=O)N(C)c1ccc(Cl)cn1. The summed E-state index contributed by atoms with van der Waals surface area (Å²) in [6.45, 7) is 1.59. The molecule has 0 radical (unpaired) electrons. The Hall–Kier alpha value is -1.31. The lowest BCUT2D eigenvalue weighted by Gasteiger charge is -2.18. The Balaban J connectivity index is 2.52. The van der Waals surface area contributed by atoms with Gasteiger partial charge in [-0.1, -0.05) is 23.2 Å². The third-order valence-electron chi connectivity index (χ3n) is 2.75. The molecule has 0 amide bonds. The van der Waals surface area contributed by atoms with Crippen LogP contribution in [0.15, 0.2) is 23.2 Å². The molecule has 0 aromatic carbocycles. The van der Waals surface area contributed by atoms with Gasteiger partial charge in [-0.3, -0.25) is 8.99 Å². The molecular formula is C11H12Cl2N4O2S. The minimum absolute atomic E-state index is 0.0269. The summed E-state index contributed by atoms with van der Waals surface area (Å²) in [5, 5.41) is 4.49. The van der Waals surface area contributed by atoms with Gasteiger partial charge in [0.1, 0.15) is 15.9 Å². The molecule has 0 bridgehead atoms. The summed E-state index contributed by atoms with van der Waals surface area (Å²) >= 11 is 11.7. The highest BCUT2D eigenvalue weighted by Crippen LogP contribution is 2.29. The zero-order valence-electron chi connectivity index (χ0n) is 11.0. The van der Waals surface area contributed by atoms with E-state index in [2.05, 4.69) is 10.1 Å². The maximum absolute atomic E-state index is 12.6. The molecule has 0 saturated heterocycles. The van der Waals surface area contributed by atoms with Gasteiger partial charge in [-0.2, -0.15) is 5.10 Å². The van der Waals surface area contributed by atoms with E-state index in [9.17, 15) is 8.42 Å². The van der Waals surface area contributed by atoms with E-state index in [0.717, 1.165) is 4.31 Å². The Kier molecular flexibility index (Phi) is 3.95. The van der Waals surface area contributed by atoms with Crippen molar-refractivity contribution < 1.29 is 8.42 Å². The highest BCUT2D eigenvalue weighted by Gasteiger charge is 2.30. The van der Waals surface area contributed by atoms with Crippen LogP contribution in [0.4, 0.5) is 5.82 Å². The normalized spacial score (nSPS) is 11.7. The molecule has 108 valence electrons. The predicted molar refractivity (Wildman–Crippen MR) is 77.8 cm³/mol. The number of rotatable bonds is 3. The van der Waals surface area contributed by atoms with E-state index >= 15 is 0 Å². The summed E-state index contributed by atoms with van der Waals surface area (Å²) in [5.41, 5.74) is 0.332. The van der Waals surface area contributed by atoms with Gasteiger partial charge in [0, 0.05) is 20.3 Å². The second-order valence-corrected chi connectivity index (χ2v) is 6.84. The molecule has 0 aliphatic carbocycles. The van der Waals surface area contributed by atoms with Gasteiger partial charge in [0.05, 0.1) is 10.7 Å². The summed E-state index contributed by atoms with van der Waals surface area (Å²) in [6.07, 6.45) is 1.38. The molecule has 0 aliphatic heterocycles. The number of sulfonamides is 1. The lowest BCUT2D eigenvalue weighted by molar-refractivity contribution is 0.593. The molecule has 9 heteroatoms. The first kappa shape index (κ1) is 15.1. The van der Waals surface area contributed by atoms with Gasteiger partial charge in [-0.25, -0.2) is 13.4 Å². The molecule has 0 spiro atoms. The maximum atomic E-state index is 12.6. The summed E-state index contributed by atoms with van der Waals surface area (Å²) in [5.74, 6) is 0.244. The van der Waals surface area contributed by atoms with E-state index in [-0.39, 0.29) is 15.9 Å². The molecule has 0 N–H and O–H groups in total. The van der Waals surface area contributed by atoms with Crippen LogP contribution in [0.1, 0.15) is 5.69 Å². The number of halogens is 2. The minimum atomic E-state index is -3.83. The van der Waals surface area contributed by atoms with Crippen molar-refractivity contribution in [3.05, 3.63) is 34.2 Å². The Morgan fingerprint density at radius 3 is 2.40 bits per heavy atom. The Morgan fingerprint density at radius 1 is 1.30 bits per heavy atom. The molecule has 2 rings (SSSR count). The van der Waals surface area contributed by atoms with Crippen LogP contribution in [0, 0.1) is 6.92 Å². The van der Waals surface area contributed by atoms with Crippen molar-refractivity contribution in [1.82, 2.24) is 14.8 Å². The number of aromatic nitrogens is 3. The largest absolute Gasteiger partial charge is 0.270 e. The molecule has 0 atom stereocenters. The van der Waals surface area contributed by atoms with Crippen molar-refractivity contribution in [2.45, 2.75) is 11.8 Å². The number of aryl methyl sites for hydroxylation is 2. The van der Waals surface area contributed by atoms with Crippen molar-refractivity contribution in [2.75, 3.05) is 11.4 Å². The first-order valence-corrected chi connectivity index (χ1v) is 7.74. The third-order valence-corrected chi connectivity index (χ3v) is 5.44. The fourth-order valence-corrected chi connectivity index (χ4v) is 3.68.